The molecule has 1 saturated heterocycles. The molecule has 1 fully saturated rings. The largest absolute Gasteiger partial charge is 0.394 e. The molecule has 6 heteroatoms. The Labute approximate surface area is 170 Å². The molecule has 3 aromatic rings. The van der Waals surface area contributed by atoms with Crippen molar-refractivity contribution in [1.82, 2.24) is 9.97 Å². The highest BCUT2D eigenvalue weighted by molar-refractivity contribution is 5.78. The summed E-state index contributed by atoms with van der Waals surface area (Å²) in [5.41, 5.74) is 3.66. The molecule has 0 unspecified atom stereocenters. The third kappa shape index (κ3) is 4.57. The van der Waals surface area contributed by atoms with Crippen LogP contribution < -0.4 is 0 Å². The van der Waals surface area contributed by atoms with Crippen LogP contribution in [-0.4, -0.2) is 48.1 Å². The first-order valence-corrected chi connectivity index (χ1v) is 9.81. The molecule has 2 aromatic carbocycles. The van der Waals surface area contributed by atoms with E-state index in [9.17, 15) is 0 Å². The van der Waals surface area contributed by atoms with Crippen LogP contribution in [0, 0.1) is 5.41 Å². The Morgan fingerprint density at radius 3 is 2.28 bits per heavy atom. The minimum absolute atomic E-state index is 0.0113. The van der Waals surface area contributed by atoms with E-state index in [0.29, 0.717) is 32.3 Å². The van der Waals surface area contributed by atoms with E-state index in [2.05, 4.69) is 17.1 Å². The number of hydrogen-bond acceptors (Lipinski definition) is 5. The summed E-state index contributed by atoms with van der Waals surface area (Å²) in [6.45, 7) is 3.84. The van der Waals surface area contributed by atoms with Gasteiger partial charge in [0.1, 0.15) is 0 Å². The number of aliphatic hydroxyl groups is 1. The number of rotatable bonds is 7. The molecular formula is C23H26N2O4. The number of H-pyrrole nitrogens is 1. The van der Waals surface area contributed by atoms with E-state index in [0.717, 1.165) is 22.5 Å². The summed E-state index contributed by atoms with van der Waals surface area (Å²) in [5, 5.41) is 8.89. The lowest BCUT2D eigenvalue weighted by Crippen LogP contribution is -2.40. The third-order valence-corrected chi connectivity index (χ3v) is 4.91. The average Bonchev–Trinajstić information content (AvgIpc) is 3.21. The summed E-state index contributed by atoms with van der Waals surface area (Å²) in [7, 11) is 0. The highest BCUT2D eigenvalue weighted by atomic mass is 16.7. The SMILES string of the molecule is C[C@]1(COCCO)CO[C@H](c2nc(-c3ccccc3)c(-c3ccccc3)[nH]2)OC1. The van der Waals surface area contributed by atoms with E-state index in [1.54, 1.807) is 0 Å². The predicted molar refractivity (Wildman–Crippen MR) is 110 cm³/mol. The molecule has 0 spiro atoms. The van der Waals surface area contributed by atoms with E-state index in [4.69, 9.17) is 24.3 Å². The standard InChI is InChI=1S/C23H26N2O4/c1-23(14-27-13-12-26)15-28-22(29-16-23)21-24-19(17-8-4-2-5-9-17)20(25-21)18-10-6-3-7-11-18/h2-11,22,26H,12-16H2,1H3,(H,24,25)/t22-,23-. The van der Waals surface area contributed by atoms with E-state index in [1.807, 2.05) is 55.5 Å². The zero-order valence-electron chi connectivity index (χ0n) is 16.5. The Kier molecular flexibility index (Phi) is 6.06. The molecule has 1 aliphatic heterocycles. The molecule has 6 nitrogen and oxygen atoms in total. The number of nitrogens with one attached hydrogen (secondary N) is 1. The number of nitrogens with zero attached hydrogens (tertiary/aromatic N) is 1. The van der Waals surface area contributed by atoms with Crippen LogP contribution in [0.3, 0.4) is 0 Å². The van der Waals surface area contributed by atoms with Gasteiger partial charge in [0.05, 0.1) is 44.4 Å². The first-order valence-electron chi connectivity index (χ1n) is 9.81. The maximum absolute atomic E-state index is 8.89. The number of aromatic nitrogens is 2. The fourth-order valence-electron chi connectivity index (χ4n) is 3.39. The molecule has 0 bridgehead atoms. The lowest BCUT2D eigenvalue weighted by atomic mass is 9.93. The van der Waals surface area contributed by atoms with Crippen molar-refractivity contribution in [3.05, 3.63) is 66.5 Å². The summed E-state index contributed by atoms with van der Waals surface area (Å²) in [4.78, 5) is 8.25. The number of aromatic amines is 1. The first kappa shape index (κ1) is 19.8. The highest BCUT2D eigenvalue weighted by Gasteiger charge is 2.35. The van der Waals surface area contributed by atoms with Crippen LogP contribution in [0.5, 0.6) is 0 Å². The second-order valence-corrected chi connectivity index (χ2v) is 7.62. The van der Waals surface area contributed by atoms with Crippen molar-refractivity contribution in [2.45, 2.75) is 13.2 Å². The number of imidazole rings is 1. The molecular weight excluding hydrogens is 368 g/mol. The molecule has 1 aromatic heterocycles. The first-order chi connectivity index (χ1) is 14.2. The van der Waals surface area contributed by atoms with Crippen LogP contribution in [0.2, 0.25) is 0 Å². The van der Waals surface area contributed by atoms with Gasteiger partial charge in [-0.2, -0.15) is 0 Å². The van der Waals surface area contributed by atoms with Gasteiger partial charge < -0.3 is 24.3 Å². The fraction of sp³-hybridized carbons (Fsp3) is 0.348. The zero-order valence-corrected chi connectivity index (χ0v) is 16.5. The van der Waals surface area contributed by atoms with Crippen LogP contribution in [-0.2, 0) is 14.2 Å². The minimum atomic E-state index is -0.555. The van der Waals surface area contributed by atoms with E-state index >= 15 is 0 Å². The fourth-order valence-corrected chi connectivity index (χ4v) is 3.39. The molecule has 152 valence electrons. The summed E-state index contributed by atoms with van der Waals surface area (Å²) in [5.74, 6) is 0.654. The summed E-state index contributed by atoms with van der Waals surface area (Å²) in [6, 6.07) is 20.2. The Hall–Kier alpha value is -2.51. The quantitative estimate of drug-likeness (QED) is 0.596. The Morgan fingerprint density at radius 1 is 1.03 bits per heavy atom. The molecule has 4 rings (SSSR count). The molecule has 29 heavy (non-hydrogen) atoms. The van der Waals surface area contributed by atoms with Crippen molar-refractivity contribution in [2.24, 2.45) is 5.41 Å². The number of ether oxygens (including phenoxy) is 3. The summed E-state index contributed by atoms with van der Waals surface area (Å²) in [6.07, 6.45) is -0.555. The van der Waals surface area contributed by atoms with Gasteiger partial charge in [-0.1, -0.05) is 67.6 Å². The van der Waals surface area contributed by atoms with Crippen LogP contribution in [0.4, 0.5) is 0 Å². The van der Waals surface area contributed by atoms with Gasteiger partial charge in [-0.05, 0) is 0 Å². The van der Waals surface area contributed by atoms with Gasteiger partial charge in [0, 0.05) is 16.5 Å². The Morgan fingerprint density at radius 2 is 1.66 bits per heavy atom. The van der Waals surface area contributed by atoms with E-state index < -0.39 is 6.29 Å². The van der Waals surface area contributed by atoms with Gasteiger partial charge in [-0.15, -0.1) is 0 Å². The van der Waals surface area contributed by atoms with Gasteiger partial charge >= 0.3 is 0 Å². The van der Waals surface area contributed by atoms with Gasteiger partial charge in [0.2, 0.25) is 6.29 Å². The molecule has 1 aliphatic rings. The van der Waals surface area contributed by atoms with Crippen molar-refractivity contribution in [1.29, 1.82) is 0 Å². The van der Waals surface area contributed by atoms with Crippen molar-refractivity contribution < 1.29 is 19.3 Å². The topological polar surface area (TPSA) is 76.6 Å². The lowest BCUT2D eigenvalue weighted by molar-refractivity contribution is -0.242. The molecule has 0 saturated carbocycles. The molecule has 0 atom stereocenters. The maximum atomic E-state index is 8.89. The molecule has 0 radical (unpaired) electrons. The van der Waals surface area contributed by atoms with Crippen molar-refractivity contribution in [2.75, 3.05) is 33.0 Å². The molecule has 2 N–H and O–H groups in total. The smallest absolute Gasteiger partial charge is 0.217 e. The predicted octanol–water partition coefficient (Wildman–Crippen LogP) is 3.80. The maximum Gasteiger partial charge on any atom is 0.217 e. The molecule has 2 heterocycles. The minimum Gasteiger partial charge on any atom is -0.394 e. The van der Waals surface area contributed by atoms with Gasteiger partial charge in [-0.25, -0.2) is 4.98 Å². The van der Waals surface area contributed by atoms with Crippen molar-refractivity contribution >= 4 is 0 Å². The second kappa shape index (κ2) is 8.88. The monoisotopic (exact) mass is 394 g/mol. The highest BCUT2D eigenvalue weighted by Crippen LogP contribution is 2.35. The van der Waals surface area contributed by atoms with Gasteiger partial charge in [-0.3, -0.25) is 0 Å². The molecule has 0 amide bonds. The normalized spacial score (nSPS) is 21.9. The Bertz CT molecular complexity index is 846. The van der Waals surface area contributed by atoms with Crippen LogP contribution in [0.1, 0.15) is 19.0 Å². The second-order valence-electron chi connectivity index (χ2n) is 7.62. The van der Waals surface area contributed by atoms with E-state index in [-0.39, 0.29) is 12.0 Å². The number of hydrogen-bond donors (Lipinski definition) is 2. The van der Waals surface area contributed by atoms with Gasteiger partial charge in [0.25, 0.3) is 0 Å². The van der Waals surface area contributed by atoms with Crippen LogP contribution in [0.25, 0.3) is 22.5 Å². The zero-order chi connectivity index (χ0) is 20.1. The average molecular weight is 394 g/mol. The lowest BCUT2D eigenvalue weighted by Gasteiger charge is -2.36. The Balaban J connectivity index is 1.57. The number of aliphatic hydroxyl groups excluding tert-OH is 1. The summed E-state index contributed by atoms with van der Waals surface area (Å²) >= 11 is 0. The van der Waals surface area contributed by atoms with E-state index in [1.165, 1.54) is 0 Å². The van der Waals surface area contributed by atoms with Crippen molar-refractivity contribution in [3.63, 3.8) is 0 Å². The van der Waals surface area contributed by atoms with Crippen LogP contribution in [0.15, 0.2) is 60.7 Å². The number of benzene rings is 2. The van der Waals surface area contributed by atoms with Crippen molar-refractivity contribution in [3.8, 4) is 22.5 Å². The van der Waals surface area contributed by atoms with Gasteiger partial charge in [0.15, 0.2) is 5.82 Å². The molecule has 0 aliphatic carbocycles. The van der Waals surface area contributed by atoms with Crippen LogP contribution >= 0.6 is 0 Å². The summed E-state index contributed by atoms with van der Waals surface area (Å²) < 4.78 is 17.5. The third-order valence-electron chi connectivity index (χ3n) is 4.91.